The minimum absolute atomic E-state index is 0.139. The Bertz CT molecular complexity index is 500. The van der Waals surface area contributed by atoms with Gasteiger partial charge < -0.3 is 14.9 Å². The first kappa shape index (κ1) is 12.6. The lowest BCUT2D eigenvalue weighted by atomic mass is 10.4. The molecular formula is C9H10N4O4. The molecule has 0 saturated heterocycles. The van der Waals surface area contributed by atoms with E-state index >= 15 is 0 Å². The topological polar surface area (TPSA) is 111 Å². The summed E-state index contributed by atoms with van der Waals surface area (Å²) < 4.78 is 6.06. The molecule has 17 heavy (non-hydrogen) atoms. The van der Waals surface area contributed by atoms with Gasteiger partial charge in [0.25, 0.3) is 5.82 Å². The van der Waals surface area contributed by atoms with Crippen molar-refractivity contribution >= 4 is 11.8 Å². The van der Waals surface area contributed by atoms with Crippen LogP contribution in [0.25, 0.3) is 0 Å². The largest absolute Gasteiger partial charge is 0.455 e. The molecule has 0 spiro atoms. The van der Waals surface area contributed by atoms with Crippen LogP contribution in [0.2, 0.25) is 0 Å². The summed E-state index contributed by atoms with van der Waals surface area (Å²) in [5.41, 5.74) is -0.139. The average Bonchev–Trinajstić information content (AvgIpc) is 2.63. The van der Waals surface area contributed by atoms with Crippen molar-refractivity contribution in [2.75, 3.05) is 0 Å². The molecule has 1 aromatic heterocycles. The SMILES string of the molecule is CCn1c(COC(C)=O)nc([N+](=O)[O-])c1C#N. The molecule has 0 aliphatic rings. The molecule has 0 fully saturated rings. The summed E-state index contributed by atoms with van der Waals surface area (Å²) in [7, 11) is 0. The quantitative estimate of drug-likeness (QED) is 0.434. The molecule has 0 aliphatic carbocycles. The average molecular weight is 238 g/mol. The van der Waals surface area contributed by atoms with E-state index in [2.05, 4.69) is 4.98 Å². The smallest absolute Gasteiger partial charge is 0.400 e. The highest BCUT2D eigenvalue weighted by atomic mass is 16.6. The van der Waals surface area contributed by atoms with Crippen LogP contribution in [0.1, 0.15) is 25.4 Å². The Labute approximate surface area is 96.6 Å². The van der Waals surface area contributed by atoms with Crippen molar-refractivity contribution in [1.82, 2.24) is 9.55 Å². The first-order valence-corrected chi connectivity index (χ1v) is 4.78. The molecular weight excluding hydrogens is 228 g/mol. The van der Waals surface area contributed by atoms with Crippen LogP contribution in [0.15, 0.2) is 0 Å². The van der Waals surface area contributed by atoms with Crippen molar-refractivity contribution in [3.8, 4) is 6.07 Å². The number of hydrogen-bond donors (Lipinski definition) is 0. The molecule has 0 atom stereocenters. The van der Waals surface area contributed by atoms with Crippen LogP contribution in [-0.2, 0) is 22.7 Å². The van der Waals surface area contributed by atoms with Crippen molar-refractivity contribution in [2.24, 2.45) is 0 Å². The first-order valence-electron chi connectivity index (χ1n) is 4.78. The Kier molecular flexibility index (Phi) is 3.77. The van der Waals surface area contributed by atoms with Crippen LogP contribution in [0, 0.1) is 21.4 Å². The zero-order valence-electron chi connectivity index (χ0n) is 9.34. The van der Waals surface area contributed by atoms with E-state index in [4.69, 9.17) is 10.00 Å². The maximum absolute atomic E-state index is 10.7. The number of nitro groups is 1. The molecule has 8 heteroatoms. The molecule has 1 heterocycles. The molecule has 0 unspecified atom stereocenters. The Balaban J connectivity index is 3.18. The fourth-order valence-electron chi connectivity index (χ4n) is 1.34. The number of aromatic nitrogens is 2. The molecule has 0 amide bonds. The highest BCUT2D eigenvalue weighted by Gasteiger charge is 2.27. The van der Waals surface area contributed by atoms with E-state index in [0.717, 1.165) is 0 Å². The molecule has 0 bridgehead atoms. The summed E-state index contributed by atoms with van der Waals surface area (Å²) in [6.07, 6.45) is 0. The maximum atomic E-state index is 10.7. The summed E-state index contributed by atoms with van der Waals surface area (Å²) in [4.78, 5) is 24.3. The molecule has 90 valence electrons. The monoisotopic (exact) mass is 238 g/mol. The minimum atomic E-state index is -0.734. The van der Waals surface area contributed by atoms with Gasteiger partial charge in [-0.15, -0.1) is 0 Å². The molecule has 0 radical (unpaired) electrons. The first-order chi connectivity index (χ1) is 8.01. The number of esters is 1. The third kappa shape index (κ3) is 2.57. The zero-order chi connectivity index (χ0) is 13.0. The molecule has 1 rings (SSSR count). The molecule has 0 aromatic carbocycles. The van der Waals surface area contributed by atoms with Gasteiger partial charge in [0.1, 0.15) is 6.07 Å². The van der Waals surface area contributed by atoms with Crippen LogP contribution in [0.4, 0.5) is 5.82 Å². The van der Waals surface area contributed by atoms with Crippen molar-refractivity contribution in [1.29, 1.82) is 5.26 Å². The van der Waals surface area contributed by atoms with Crippen LogP contribution in [0.5, 0.6) is 0 Å². The van der Waals surface area contributed by atoms with E-state index in [1.807, 2.05) is 0 Å². The van der Waals surface area contributed by atoms with Gasteiger partial charge in [0.15, 0.2) is 6.61 Å². The predicted molar refractivity (Wildman–Crippen MR) is 54.7 cm³/mol. The summed E-state index contributed by atoms with van der Waals surface area (Å²) >= 11 is 0. The molecule has 0 saturated carbocycles. The number of carbonyl (C=O) groups excluding carboxylic acids is 1. The van der Waals surface area contributed by atoms with E-state index < -0.39 is 16.7 Å². The van der Waals surface area contributed by atoms with E-state index in [1.54, 1.807) is 13.0 Å². The van der Waals surface area contributed by atoms with E-state index in [9.17, 15) is 14.9 Å². The summed E-state index contributed by atoms with van der Waals surface area (Å²) in [5.74, 6) is -0.848. The van der Waals surface area contributed by atoms with Gasteiger partial charge in [-0.2, -0.15) is 5.26 Å². The standard InChI is InChI=1S/C9H10N4O4/c1-3-12-7(4-10)9(13(15)16)11-8(12)5-17-6(2)14/h3,5H2,1-2H3. The number of hydrogen-bond acceptors (Lipinski definition) is 6. The Morgan fingerprint density at radius 3 is 2.76 bits per heavy atom. The highest BCUT2D eigenvalue weighted by molar-refractivity contribution is 5.65. The van der Waals surface area contributed by atoms with Crippen molar-refractivity contribution in [3.63, 3.8) is 0 Å². The van der Waals surface area contributed by atoms with Gasteiger partial charge in [-0.3, -0.25) is 9.36 Å². The zero-order valence-corrected chi connectivity index (χ0v) is 9.34. The number of nitrogens with zero attached hydrogens (tertiary/aromatic N) is 4. The lowest BCUT2D eigenvalue weighted by Gasteiger charge is -2.01. The third-order valence-electron chi connectivity index (χ3n) is 2.03. The minimum Gasteiger partial charge on any atom is -0.455 e. The lowest BCUT2D eigenvalue weighted by Crippen LogP contribution is -2.08. The maximum Gasteiger partial charge on any atom is 0.400 e. The second-order valence-electron chi connectivity index (χ2n) is 3.09. The fraction of sp³-hybridized carbons (Fsp3) is 0.444. The normalized spacial score (nSPS) is 9.71. The van der Waals surface area contributed by atoms with Gasteiger partial charge >= 0.3 is 11.8 Å². The van der Waals surface area contributed by atoms with Gasteiger partial charge in [-0.25, -0.2) is 0 Å². The summed E-state index contributed by atoms with van der Waals surface area (Å²) in [5, 5.41) is 19.5. The van der Waals surface area contributed by atoms with Gasteiger partial charge in [0.05, 0.1) is 0 Å². The van der Waals surface area contributed by atoms with Crippen LogP contribution >= 0.6 is 0 Å². The Morgan fingerprint density at radius 2 is 2.35 bits per heavy atom. The van der Waals surface area contributed by atoms with Crippen LogP contribution < -0.4 is 0 Å². The van der Waals surface area contributed by atoms with Crippen molar-refractivity contribution in [2.45, 2.75) is 27.0 Å². The van der Waals surface area contributed by atoms with E-state index in [1.165, 1.54) is 11.5 Å². The van der Waals surface area contributed by atoms with Crippen molar-refractivity contribution in [3.05, 3.63) is 21.6 Å². The molecule has 1 aromatic rings. The second kappa shape index (κ2) is 5.07. The summed E-state index contributed by atoms with van der Waals surface area (Å²) in [6.45, 7) is 3.08. The Hall–Kier alpha value is -2.43. The van der Waals surface area contributed by atoms with E-state index in [0.29, 0.717) is 6.54 Å². The highest BCUT2D eigenvalue weighted by Crippen LogP contribution is 2.19. The number of carbonyl (C=O) groups is 1. The Morgan fingerprint density at radius 1 is 1.71 bits per heavy atom. The van der Waals surface area contributed by atoms with Crippen LogP contribution in [-0.4, -0.2) is 20.4 Å². The van der Waals surface area contributed by atoms with Crippen molar-refractivity contribution < 1.29 is 14.5 Å². The van der Waals surface area contributed by atoms with Gasteiger partial charge in [0.2, 0.25) is 5.69 Å². The number of rotatable bonds is 4. The molecule has 8 nitrogen and oxygen atoms in total. The van der Waals surface area contributed by atoms with Crippen LogP contribution in [0.3, 0.4) is 0 Å². The number of nitriles is 1. The van der Waals surface area contributed by atoms with E-state index in [-0.39, 0.29) is 18.1 Å². The lowest BCUT2D eigenvalue weighted by molar-refractivity contribution is -0.389. The van der Waals surface area contributed by atoms with Gasteiger partial charge in [-0.05, 0) is 16.8 Å². The fourth-order valence-corrected chi connectivity index (χ4v) is 1.34. The second-order valence-corrected chi connectivity index (χ2v) is 3.09. The third-order valence-corrected chi connectivity index (χ3v) is 2.03. The predicted octanol–water partition coefficient (Wildman–Crippen LogP) is 0.746. The molecule has 0 N–H and O–H groups in total. The van der Waals surface area contributed by atoms with Gasteiger partial charge in [-0.1, -0.05) is 0 Å². The molecule has 0 aliphatic heterocycles. The number of ether oxygens (including phenoxy) is 1. The van der Waals surface area contributed by atoms with Gasteiger partial charge in [0, 0.05) is 13.5 Å². The summed E-state index contributed by atoms with van der Waals surface area (Å²) in [6, 6.07) is 1.72. The number of imidazole rings is 1.